The highest BCUT2D eigenvalue weighted by atomic mass is 15.0. The molecule has 0 N–H and O–H groups in total. The molecule has 0 heterocycles. The lowest BCUT2D eigenvalue weighted by atomic mass is 10.0. The predicted octanol–water partition coefficient (Wildman–Crippen LogP) is 2.49. The fourth-order valence-corrected chi connectivity index (χ4v) is 1.48. The molecule has 0 aliphatic carbocycles. The summed E-state index contributed by atoms with van der Waals surface area (Å²) in [4.78, 5) is 2.23. The van der Waals surface area contributed by atoms with Crippen LogP contribution in [0, 0.1) is 6.92 Å². The molecule has 72 valence electrons. The van der Waals surface area contributed by atoms with E-state index in [2.05, 4.69) is 50.2 Å². The van der Waals surface area contributed by atoms with E-state index in [9.17, 15) is 0 Å². The van der Waals surface area contributed by atoms with Gasteiger partial charge in [0.15, 0.2) is 0 Å². The van der Waals surface area contributed by atoms with Crippen molar-refractivity contribution in [1.82, 2.24) is 4.90 Å². The van der Waals surface area contributed by atoms with E-state index in [0.29, 0.717) is 0 Å². The predicted molar refractivity (Wildman–Crippen MR) is 58.1 cm³/mol. The lowest BCUT2D eigenvalue weighted by molar-refractivity contribution is 0.400. The smallest absolute Gasteiger partial charge is 0.00217 e. The van der Waals surface area contributed by atoms with Crippen LogP contribution in [0.5, 0.6) is 0 Å². The minimum absolute atomic E-state index is 1.17. The van der Waals surface area contributed by atoms with Crippen molar-refractivity contribution < 1.29 is 0 Å². The molecule has 0 radical (unpaired) electrons. The van der Waals surface area contributed by atoms with Crippen LogP contribution in [0.1, 0.15) is 17.5 Å². The third-order valence-electron chi connectivity index (χ3n) is 2.31. The molecule has 1 nitrogen and oxygen atoms in total. The SMILES string of the molecule is Cc1ccccc1CCCN(C)C. The summed E-state index contributed by atoms with van der Waals surface area (Å²) in [5.41, 5.74) is 2.91. The second-order valence-corrected chi connectivity index (χ2v) is 3.83. The van der Waals surface area contributed by atoms with Crippen LogP contribution < -0.4 is 0 Å². The van der Waals surface area contributed by atoms with Crippen LogP contribution in [0.15, 0.2) is 24.3 Å². The molecular formula is C12H19N. The molecule has 0 saturated heterocycles. The summed E-state index contributed by atoms with van der Waals surface area (Å²) in [5, 5.41) is 0. The molecule has 1 heteroatoms. The van der Waals surface area contributed by atoms with Crippen molar-refractivity contribution in [2.45, 2.75) is 19.8 Å². The van der Waals surface area contributed by atoms with Crippen molar-refractivity contribution in [2.75, 3.05) is 20.6 Å². The first-order chi connectivity index (χ1) is 6.20. The highest BCUT2D eigenvalue weighted by molar-refractivity contribution is 5.25. The normalized spacial score (nSPS) is 10.8. The van der Waals surface area contributed by atoms with Gasteiger partial charge in [-0.15, -0.1) is 0 Å². The zero-order chi connectivity index (χ0) is 9.68. The summed E-state index contributed by atoms with van der Waals surface area (Å²) < 4.78 is 0. The van der Waals surface area contributed by atoms with Gasteiger partial charge in [0.25, 0.3) is 0 Å². The van der Waals surface area contributed by atoms with E-state index in [0.717, 1.165) is 0 Å². The summed E-state index contributed by atoms with van der Waals surface area (Å²) in [5.74, 6) is 0. The van der Waals surface area contributed by atoms with Crippen LogP contribution in [0.3, 0.4) is 0 Å². The van der Waals surface area contributed by atoms with Crippen molar-refractivity contribution >= 4 is 0 Å². The second kappa shape index (κ2) is 5.03. The highest BCUT2D eigenvalue weighted by Gasteiger charge is 1.96. The molecule has 0 aliphatic heterocycles. The first-order valence-corrected chi connectivity index (χ1v) is 4.89. The van der Waals surface area contributed by atoms with Gasteiger partial charge in [0.1, 0.15) is 0 Å². The number of rotatable bonds is 4. The van der Waals surface area contributed by atoms with E-state index in [1.807, 2.05) is 0 Å². The Bertz CT molecular complexity index is 253. The summed E-state index contributed by atoms with van der Waals surface area (Å²) in [6.45, 7) is 3.36. The van der Waals surface area contributed by atoms with Gasteiger partial charge < -0.3 is 4.90 Å². The molecule has 0 spiro atoms. The van der Waals surface area contributed by atoms with Crippen LogP contribution in [0.25, 0.3) is 0 Å². The maximum Gasteiger partial charge on any atom is -0.00217 e. The van der Waals surface area contributed by atoms with Crippen molar-refractivity contribution in [3.63, 3.8) is 0 Å². The largest absolute Gasteiger partial charge is 0.309 e. The monoisotopic (exact) mass is 177 g/mol. The van der Waals surface area contributed by atoms with Gasteiger partial charge >= 0.3 is 0 Å². The molecule has 0 saturated carbocycles. The van der Waals surface area contributed by atoms with Gasteiger partial charge in [-0.25, -0.2) is 0 Å². The summed E-state index contributed by atoms with van der Waals surface area (Å²) in [7, 11) is 4.25. The molecule has 1 aromatic carbocycles. The fourth-order valence-electron chi connectivity index (χ4n) is 1.48. The lowest BCUT2D eigenvalue weighted by Crippen LogP contribution is -2.13. The summed E-state index contributed by atoms with van der Waals surface area (Å²) in [6, 6.07) is 8.64. The topological polar surface area (TPSA) is 3.24 Å². The van der Waals surface area contributed by atoms with E-state index >= 15 is 0 Å². The van der Waals surface area contributed by atoms with Crippen molar-refractivity contribution in [3.05, 3.63) is 35.4 Å². The summed E-state index contributed by atoms with van der Waals surface area (Å²) in [6.07, 6.45) is 2.45. The third-order valence-corrected chi connectivity index (χ3v) is 2.31. The molecule has 0 fully saturated rings. The zero-order valence-corrected chi connectivity index (χ0v) is 8.88. The maximum absolute atomic E-state index is 2.23. The Labute approximate surface area is 81.4 Å². The number of benzene rings is 1. The van der Waals surface area contributed by atoms with Crippen LogP contribution in [0.4, 0.5) is 0 Å². The van der Waals surface area contributed by atoms with Crippen molar-refractivity contribution in [2.24, 2.45) is 0 Å². The van der Waals surface area contributed by atoms with Gasteiger partial charge in [-0.05, 0) is 51.5 Å². The van der Waals surface area contributed by atoms with Crippen LogP contribution in [-0.2, 0) is 6.42 Å². The lowest BCUT2D eigenvalue weighted by Gasteiger charge is -2.09. The number of hydrogen-bond donors (Lipinski definition) is 0. The van der Waals surface area contributed by atoms with Gasteiger partial charge in [0.2, 0.25) is 0 Å². The molecular weight excluding hydrogens is 158 g/mol. The Hall–Kier alpha value is -0.820. The highest BCUT2D eigenvalue weighted by Crippen LogP contribution is 2.09. The third kappa shape index (κ3) is 3.60. The minimum atomic E-state index is 1.17. The average molecular weight is 177 g/mol. The first kappa shape index (κ1) is 10.3. The molecule has 0 unspecified atom stereocenters. The Balaban J connectivity index is 2.41. The molecule has 0 aliphatic rings. The minimum Gasteiger partial charge on any atom is -0.309 e. The van der Waals surface area contributed by atoms with Crippen LogP contribution in [0.2, 0.25) is 0 Å². The standard InChI is InChI=1S/C12H19N/c1-11-7-4-5-8-12(11)9-6-10-13(2)3/h4-5,7-8H,6,9-10H2,1-3H3. The zero-order valence-electron chi connectivity index (χ0n) is 8.88. The van der Waals surface area contributed by atoms with Gasteiger partial charge in [-0.2, -0.15) is 0 Å². The molecule has 13 heavy (non-hydrogen) atoms. The van der Waals surface area contributed by atoms with E-state index in [1.165, 1.54) is 30.5 Å². The van der Waals surface area contributed by atoms with Crippen LogP contribution in [-0.4, -0.2) is 25.5 Å². The molecule has 0 bridgehead atoms. The van der Waals surface area contributed by atoms with Crippen LogP contribution >= 0.6 is 0 Å². The fraction of sp³-hybridized carbons (Fsp3) is 0.500. The maximum atomic E-state index is 2.23. The Morgan fingerprint density at radius 1 is 1.15 bits per heavy atom. The Morgan fingerprint density at radius 2 is 1.85 bits per heavy atom. The van der Waals surface area contributed by atoms with E-state index < -0.39 is 0 Å². The second-order valence-electron chi connectivity index (χ2n) is 3.83. The van der Waals surface area contributed by atoms with Gasteiger partial charge in [-0.1, -0.05) is 24.3 Å². The first-order valence-electron chi connectivity index (χ1n) is 4.89. The van der Waals surface area contributed by atoms with Gasteiger partial charge in [0, 0.05) is 0 Å². The van der Waals surface area contributed by atoms with Gasteiger partial charge in [0.05, 0.1) is 0 Å². The number of nitrogens with zero attached hydrogens (tertiary/aromatic N) is 1. The van der Waals surface area contributed by atoms with E-state index in [1.54, 1.807) is 0 Å². The van der Waals surface area contributed by atoms with E-state index in [-0.39, 0.29) is 0 Å². The number of aryl methyl sites for hydroxylation is 2. The Morgan fingerprint density at radius 3 is 2.46 bits per heavy atom. The molecule has 0 atom stereocenters. The number of hydrogen-bond acceptors (Lipinski definition) is 1. The molecule has 0 aromatic heterocycles. The average Bonchev–Trinajstić information content (AvgIpc) is 2.08. The molecule has 0 amide bonds. The van der Waals surface area contributed by atoms with E-state index in [4.69, 9.17) is 0 Å². The Kier molecular flexibility index (Phi) is 3.97. The van der Waals surface area contributed by atoms with Gasteiger partial charge in [-0.3, -0.25) is 0 Å². The van der Waals surface area contributed by atoms with Crippen molar-refractivity contribution in [1.29, 1.82) is 0 Å². The molecule has 1 rings (SSSR count). The van der Waals surface area contributed by atoms with Crippen molar-refractivity contribution in [3.8, 4) is 0 Å². The summed E-state index contributed by atoms with van der Waals surface area (Å²) >= 11 is 0. The molecule has 1 aromatic rings. The quantitative estimate of drug-likeness (QED) is 0.683.